The second kappa shape index (κ2) is 6.61. The van der Waals surface area contributed by atoms with Gasteiger partial charge in [-0.1, -0.05) is 23.2 Å². The van der Waals surface area contributed by atoms with E-state index in [0.29, 0.717) is 15.6 Å². The molecule has 20 heavy (non-hydrogen) atoms. The van der Waals surface area contributed by atoms with E-state index in [2.05, 4.69) is 24.4 Å². The van der Waals surface area contributed by atoms with Crippen LogP contribution in [0.4, 0.5) is 0 Å². The smallest absolute Gasteiger partial charge is 0.251 e. The third-order valence-electron chi connectivity index (χ3n) is 2.86. The Morgan fingerprint density at radius 2 is 2.00 bits per heavy atom. The molecule has 0 radical (unpaired) electrons. The van der Waals surface area contributed by atoms with E-state index in [-0.39, 0.29) is 11.9 Å². The number of halogens is 2. The molecule has 0 bridgehead atoms. The topological polar surface area (TPSA) is 29.1 Å². The van der Waals surface area contributed by atoms with Crippen LogP contribution < -0.4 is 5.32 Å². The predicted molar refractivity (Wildman–Crippen MR) is 86.2 cm³/mol. The predicted octanol–water partition coefficient (Wildman–Crippen LogP) is 4.72. The summed E-state index contributed by atoms with van der Waals surface area (Å²) in [5, 5.41) is 3.81. The van der Waals surface area contributed by atoms with Crippen LogP contribution in [0.2, 0.25) is 10.0 Å². The molecule has 2 aromatic rings. The normalized spacial score (nSPS) is 12.2. The van der Waals surface area contributed by atoms with Gasteiger partial charge < -0.3 is 5.32 Å². The van der Waals surface area contributed by atoms with Gasteiger partial charge in [0.05, 0.1) is 10.0 Å². The molecule has 5 heteroatoms. The summed E-state index contributed by atoms with van der Waals surface area (Å²) >= 11 is 13.5. The van der Waals surface area contributed by atoms with Crippen molar-refractivity contribution in [1.29, 1.82) is 0 Å². The Morgan fingerprint density at radius 1 is 1.25 bits per heavy atom. The number of aryl methyl sites for hydroxylation is 1. The van der Waals surface area contributed by atoms with E-state index in [0.717, 1.165) is 6.42 Å². The minimum atomic E-state index is -0.135. The van der Waals surface area contributed by atoms with Crippen molar-refractivity contribution in [2.45, 2.75) is 26.3 Å². The zero-order valence-corrected chi connectivity index (χ0v) is 13.6. The fraction of sp³-hybridized carbons (Fsp3) is 0.267. The van der Waals surface area contributed by atoms with Crippen molar-refractivity contribution in [2.75, 3.05) is 0 Å². The molecule has 1 N–H and O–H groups in total. The maximum absolute atomic E-state index is 12.1. The first-order valence-electron chi connectivity index (χ1n) is 6.27. The van der Waals surface area contributed by atoms with Crippen LogP contribution in [0.5, 0.6) is 0 Å². The minimum absolute atomic E-state index is 0.0648. The largest absolute Gasteiger partial charge is 0.349 e. The first-order valence-corrected chi connectivity index (χ1v) is 7.84. The first kappa shape index (κ1) is 15.4. The molecule has 106 valence electrons. The monoisotopic (exact) mass is 327 g/mol. The molecule has 0 saturated heterocycles. The highest BCUT2D eigenvalue weighted by Gasteiger charge is 2.12. The zero-order chi connectivity index (χ0) is 14.7. The van der Waals surface area contributed by atoms with E-state index in [1.807, 2.05) is 6.92 Å². The van der Waals surface area contributed by atoms with Crippen molar-refractivity contribution in [3.05, 3.63) is 55.7 Å². The van der Waals surface area contributed by atoms with E-state index in [9.17, 15) is 4.79 Å². The highest BCUT2D eigenvalue weighted by molar-refractivity contribution is 7.11. The Morgan fingerprint density at radius 3 is 2.60 bits per heavy atom. The van der Waals surface area contributed by atoms with Crippen LogP contribution in [0.25, 0.3) is 0 Å². The molecule has 2 rings (SSSR count). The van der Waals surface area contributed by atoms with Gasteiger partial charge in [0, 0.05) is 27.8 Å². The SMILES string of the molecule is Cc1ccc(CC(C)NC(=O)c2ccc(Cl)c(Cl)c2)s1. The van der Waals surface area contributed by atoms with Crippen molar-refractivity contribution >= 4 is 40.4 Å². The maximum atomic E-state index is 12.1. The Bertz CT molecular complexity index is 624. The zero-order valence-electron chi connectivity index (χ0n) is 11.2. The second-order valence-corrected chi connectivity index (χ2v) is 6.91. The molecule has 0 aliphatic rings. The lowest BCUT2D eigenvalue weighted by molar-refractivity contribution is 0.0940. The summed E-state index contributed by atoms with van der Waals surface area (Å²) in [5.74, 6) is -0.135. The van der Waals surface area contributed by atoms with Gasteiger partial charge >= 0.3 is 0 Å². The van der Waals surface area contributed by atoms with E-state index in [4.69, 9.17) is 23.2 Å². The molecule has 0 spiro atoms. The molecule has 0 aliphatic carbocycles. The molecular weight excluding hydrogens is 313 g/mol. The number of amides is 1. The lowest BCUT2D eigenvalue weighted by Gasteiger charge is -2.13. The number of carbonyl (C=O) groups excluding carboxylic acids is 1. The Kier molecular flexibility index (Phi) is 5.08. The van der Waals surface area contributed by atoms with Gasteiger partial charge in [-0.05, 0) is 44.2 Å². The lowest BCUT2D eigenvalue weighted by atomic mass is 10.1. The molecular formula is C15H15Cl2NOS. The number of rotatable bonds is 4. The molecule has 1 atom stereocenters. The van der Waals surface area contributed by atoms with Crippen LogP contribution in [-0.4, -0.2) is 11.9 Å². The number of benzene rings is 1. The molecule has 0 fully saturated rings. The third kappa shape index (κ3) is 3.98. The van der Waals surface area contributed by atoms with Crippen LogP contribution >= 0.6 is 34.5 Å². The summed E-state index contributed by atoms with van der Waals surface area (Å²) < 4.78 is 0. The number of hydrogen-bond acceptors (Lipinski definition) is 2. The highest BCUT2D eigenvalue weighted by atomic mass is 35.5. The van der Waals surface area contributed by atoms with Crippen molar-refractivity contribution in [1.82, 2.24) is 5.32 Å². The molecule has 0 aliphatic heterocycles. The van der Waals surface area contributed by atoms with E-state index in [1.165, 1.54) is 9.75 Å². The Labute approximate surface area is 132 Å². The Hall–Kier alpha value is -1.03. The summed E-state index contributed by atoms with van der Waals surface area (Å²) in [7, 11) is 0. The average molecular weight is 328 g/mol. The van der Waals surface area contributed by atoms with Crippen molar-refractivity contribution < 1.29 is 4.79 Å². The van der Waals surface area contributed by atoms with Gasteiger partial charge in [0.1, 0.15) is 0 Å². The third-order valence-corrected chi connectivity index (χ3v) is 4.62. The fourth-order valence-corrected chi connectivity index (χ4v) is 3.21. The van der Waals surface area contributed by atoms with Crippen LogP contribution in [0.3, 0.4) is 0 Å². The van der Waals surface area contributed by atoms with Crippen molar-refractivity contribution in [3.8, 4) is 0 Å². The fourth-order valence-electron chi connectivity index (χ4n) is 1.89. The molecule has 1 heterocycles. The van der Waals surface area contributed by atoms with Gasteiger partial charge in [-0.3, -0.25) is 4.79 Å². The number of nitrogens with one attached hydrogen (secondary N) is 1. The van der Waals surface area contributed by atoms with Gasteiger partial charge in [-0.25, -0.2) is 0 Å². The molecule has 0 saturated carbocycles. The van der Waals surface area contributed by atoms with Crippen LogP contribution in [0.15, 0.2) is 30.3 Å². The molecule has 1 aromatic heterocycles. The van der Waals surface area contributed by atoms with Gasteiger partial charge in [0.15, 0.2) is 0 Å². The van der Waals surface area contributed by atoms with Gasteiger partial charge in [-0.2, -0.15) is 0 Å². The van der Waals surface area contributed by atoms with E-state index >= 15 is 0 Å². The lowest BCUT2D eigenvalue weighted by Crippen LogP contribution is -2.33. The van der Waals surface area contributed by atoms with Crippen LogP contribution in [0.1, 0.15) is 27.0 Å². The number of thiophene rings is 1. The quantitative estimate of drug-likeness (QED) is 0.864. The highest BCUT2D eigenvalue weighted by Crippen LogP contribution is 2.22. The summed E-state index contributed by atoms with van der Waals surface area (Å²) in [6, 6.07) is 9.14. The summed E-state index contributed by atoms with van der Waals surface area (Å²) in [4.78, 5) is 14.7. The number of hydrogen-bond donors (Lipinski definition) is 1. The molecule has 2 nitrogen and oxygen atoms in total. The molecule has 1 aromatic carbocycles. The first-order chi connectivity index (χ1) is 9.45. The summed E-state index contributed by atoms with van der Waals surface area (Å²) in [6.07, 6.45) is 0.825. The molecule has 1 unspecified atom stereocenters. The van der Waals surface area contributed by atoms with Gasteiger partial charge in [-0.15, -0.1) is 11.3 Å². The number of carbonyl (C=O) groups is 1. The van der Waals surface area contributed by atoms with E-state index < -0.39 is 0 Å². The molecule has 1 amide bonds. The summed E-state index contributed by atoms with van der Waals surface area (Å²) in [6.45, 7) is 4.07. The maximum Gasteiger partial charge on any atom is 0.251 e. The second-order valence-electron chi connectivity index (χ2n) is 4.72. The minimum Gasteiger partial charge on any atom is -0.349 e. The van der Waals surface area contributed by atoms with Crippen LogP contribution in [0, 0.1) is 6.92 Å². The van der Waals surface area contributed by atoms with E-state index in [1.54, 1.807) is 29.5 Å². The standard InChI is InChI=1S/C15H15Cl2NOS/c1-9(7-12-5-3-10(2)20-12)18-15(19)11-4-6-13(16)14(17)8-11/h3-6,8-9H,7H2,1-2H3,(H,18,19). The van der Waals surface area contributed by atoms with Crippen LogP contribution in [-0.2, 0) is 6.42 Å². The van der Waals surface area contributed by atoms with Crippen molar-refractivity contribution in [3.63, 3.8) is 0 Å². The Balaban J connectivity index is 1.98. The van der Waals surface area contributed by atoms with Gasteiger partial charge in [0.2, 0.25) is 0 Å². The van der Waals surface area contributed by atoms with Crippen molar-refractivity contribution in [2.24, 2.45) is 0 Å². The van der Waals surface area contributed by atoms with Gasteiger partial charge in [0.25, 0.3) is 5.91 Å². The summed E-state index contributed by atoms with van der Waals surface area (Å²) in [5.41, 5.74) is 0.522. The average Bonchev–Trinajstić information content (AvgIpc) is 2.77.